The van der Waals surface area contributed by atoms with Gasteiger partial charge in [-0.1, -0.05) is 46.2 Å². The summed E-state index contributed by atoms with van der Waals surface area (Å²) in [6.45, 7) is 10.1. The molecular formula is C18H29NO. The van der Waals surface area contributed by atoms with Gasteiger partial charge in [-0.05, 0) is 36.8 Å². The first-order chi connectivity index (χ1) is 9.47. The summed E-state index contributed by atoms with van der Waals surface area (Å²) in [6, 6.07) is 5.12. The number of benzene rings is 1. The predicted molar refractivity (Wildman–Crippen MR) is 85.7 cm³/mol. The van der Waals surface area contributed by atoms with Crippen LogP contribution in [0.15, 0.2) is 12.1 Å². The summed E-state index contributed by atoms with van der Waals surface area (Å²) in [5.74, 6) is 1.09. The predicted octanol–water partition coefficient (Wildman–Crippen LogP) is 4.37. The Hall–Kier alpha value is -1.02. The van der Waals surface area contributed by atoms with Crippen LogP contribution in [-0.2, 0) is 11.8 Å². The molecule has 1 aliphatic heterocycles. The molecule has 0 bridgehead atoms. The number of methoxy groups -OCH3 is 1. The van der Waals surface area contributed by atoms with E-state index in [1.54, 1.807) is 0 Å². The molecule has 1 aliphatic rings. The van der Waals surface area contributed by atoms with Gasteiger partial charge in [-0.3, -0.25) is 0 Å². The summed E-state index contributed by atoms with van der Waals surface area (Å²) in [5.41, 5.74) is 4.22. The zero-order valence-electron chi connectivity index (χ0n) is 13.7. The first kappa shape index (κ1) is 15.4. The average molecular weight is 275 g/mol. The van der Waals surface area contributed by atoms with E-state index in [-0.39, 0.29) is 5.41 Å². The SMILES string of the molecule is CCc1cc(C2CCCCN2)c(OC)c(C(C)(C)C)c1. The lowest BCUT2D eigenvalue weighted by molar-refractivity contribution is 0.363. The van der Waals surface area contributed by atoms with Crippen LogP contribution in [0.25, 0.3) is 0 Å². The highest BCUT2D eigenvalue weighted by Gasteiger charge is 2.26. The molecule has 20 heavy (non-hydrogen) atoms. The molecule has 2 rings (SSSR count). The Morgan fingerprint density at radius 3 is 2.50 bits per heavy atom. The molecule has 1 heterocycles. The fourth-order valence-corrected chi connectivity index (χ4v) is 3.08. The van der Waals surface area contributed by atoms with Crippen LogP contribution in [0.4, 0.5) is 0 Å². The van der Waals surface area contributed by atoms with Crippen LogP contribution in [0.1, 0.15) is 69.7 Å². The number of piperidine rings is 1. The average Bonchev–Trinajstić information content (AvgIpc) is 2.45. The van der Waals surface area contributed by atoms with Crippen LogP contribution in [-0.4, -0.2) is 13.7 Å². The number of ether oxygens (including phenoxy) is 1. The molecule has 2 nitrogen and oxygen atoms in total. The number of rotatable bonds is 3. The number of hydrogen-bond acceptors (Lipinski definition) is 2. The molecule has 0 aliphatic carbocycles. The molecule has 1 N–H and O–H groups in total. The van der Waals surface area contributed by atoms with Crippen LogP contribution in [0.5, 0.6) is 5.75 Å². The van der Waals surface area contributed by atoms with Crippen molar-refractivity contribution in [2.75, 3.05) is 13.7 Å². The van der Waals surface area contributed by atoms with Gasteiger partial charge in [0.15, 0.2) is 0 Å². The maximum absolute atomic E-state index is 5.82. The number of aryl methyl sites for hydroxylation is 1. The summed E-state index contributed by atoms with van der Waals surface area (Å²) in [4.78, 5) is 0. The molecule has 112 valence electrons. The van der Waals surface area contributed by atoms with Gasteiger partial charge in [0.1, 0.15) is 5.75 Å². The molecule has 1 aromatic carbocycles. The van der Waals surface area contributed by atoms with E-state index >= 15 is 0 Å². The highest BCUT2D eigenvalue weighted by atomic mass is 16.5. The zero-order valence-corrected chi connectivity index (χ0v) is 13.7. The Balaban J connectivity index is 2.53. The summed E-state index contributed by atoms with van der Waals surface area (Å²) in [6.07, 6.45) is 4.89. The van der Waals surface area contributed by atoms with Crippen molar-refractivity contribution in [1.82, 2.24) is 5.32 Å². The molecule has 1 fully saturated rings. The Bertz CT molecular complexity index is 453. The third-order valence-corrected chi connectivity index (χ3v) is 4.28. The highest BCUT2D eigenvalue weighted by molar-refractivity contribution is 5.49. The third kappa shape index (κ3) is 3.17. The van der Waals surface area contributed by atoms with Gasteiger partial charge in [-0.25, -0.2) is 0 Å². The smallest absolute Gasteiger partial charge is 0.127 e. The van der Waals surface area contributed by atoms with E-state index in [0.29, 0.717) is 6.04 Å². The summed E-state index contributed by atoms with van der Waals surface area (Å²) in [7, 11) is 1.81. The summed E-state index contributed by atoms with van der Waals surface area (Å²) >= 11 is 0. The monoisotopic (exact) mass is 275 g/mol. The lowest BCUT2D eigenvalue weighted by Crippen LogP contribution is -2.28. The van der Waals surface area contributed by atoms with E-state index in [1.807, 2.05) is 7.11 Å². The topological polar surface area (TPSA) is 21.3 Å². The van der Waals surface area contributed by atoms with E-state index < -0.39 is 0 Å². The molecule has 0 amide bonds. The Kier molecular flexibility index (Phi) is 4.74. The molecule has 1 saturated heterocycles. The van der Waals surface area contributed by atoms with Crippen LogP contribution in [0, 0.1) is 0 Å². The Labute approximate surface area is 123 Å². The van der Waals surface area contributed by atoms with Gasteiger partial charge in [0.2, 0.25) is 0 Å². The fraction of sp³-hybridized carbons (Fsp3) is 0.667. The largest absolute Gasteiger partial charge is 0.496 e. The maximum Gasteiger partial charge on any atom is 0.127 e. The minimum atomic E-state index is 0.111. The summed E-state index contributed by atoms with van der Waals surface area (Å²) in [5, 5.41) is 3.66. The molecule has 0 saturated carbocycles. The standard InChI is InChI=1S/C18H29NO/c1-6-13-11-14(16-9-7-8-10-19-16)17(20-5)15(12-13)18(2,3)4/h11-12,16,19H,6-10H2,1-5H3. The molecular weight excluding hydrogens is 246 g/mol. The van der Waals surface area contributed by atoms with E-state index in [2.05, 4.69) is 45.1 Å². The second-order valence-corrected chi connectivity index (χ2v) is 6.87. The van der Waals surface area contributed by atoms with Crippen molar-refractivity contribution >= 4 is 0 Å². The highest BCUT2D eigenvalue weighted by Crippen LogP contribution is 2.39. The van der Waals surface area contributed by atoms with Crippen molar-refractivity contribution in [3.63, 3.8) is 0 Å². The molecule has 1 aromatic rings. The van der Waals surface area contributed by atoms with Crippen molar-refractivity contribution in [2.45, 2.75) is 64.8 Å². The third-order valence-electron chi connectivity index (χ3n) is 4.28. The molecule has 0 radical (unpaired) electrons. The van der Waals surface area contributed by atoms with Crippen molar-refractivity contribution in [2.24, 2.45) is 0 Å². The lowest BCUT2D eigenvalue weighted by Gasteiger charge is -2.30. The van der Waals surface area contributed by atoms with Crippen LogP contribution < -0.4 is 10.1 Å². The molecule has 1 unspecified atom stereocenters. The van der Waals surface area contributed by atoms with Crippen LogP contribution >= 0.6 is 0 Å². The van der Waals surface area contributed by atoms with Gasteiger partial charge in [-0.2, -0.15) is 0 Å². The summed E-state index contributed by atoms with van der Waals surface area (Å²) < 4.78 is 5.82. The Morgan fingerprint density at radius 1 is 1.25 bits per heavy atom. The minimum absolute atomic E-state index is 0.111. The maximum atomic E-state index is 5.82. The Morgan fingerprint density at radius 2 is 2.00 bits per heavy atom. The van der Waals surface area contributed by atoms with Gasteiger partial charge in [0, 0.05) is 17.2 Å². The van der Waals surface area contributed by atoms with Crippen molar-refractivity contribution in [3.8, 4) is 5.75 Å². The van der Waals surface area contributed by atoms with Gasteiger partial charge >= 0.3 is 0 Å². The van der Waals surface area contributed by atoms with Crippen LogP contribution in [0.3, 0.4) is 0 Å². The molecule has 2 heteroatoms. The second kappa shape index (κ2) is 6.17. The molecule has 0 spiro atoms. The minimum Gasteiger partial charge on any atom is -0.496 e. The lowest BCUT2D eigenvalue weighted by atomic mass is 9.82. The van der Waals surface area contributed by atoms with E-state index in [4.69, 9.17) is 4.74 Å². The zero-order chi connectivity index (χ0) is 14.8. The molecule has 1 atom stereocenters. The quantitative estimate of drug-likeness (QED) is 0.884. The van der Waals surface area contributed by atoms with Crippen LogP contribution in [0.2, 0.25) is 0 Å². The van der Waals surface area contributed by atoms with Gasteiger partial charge in [0.05, 0.1) is 7.11 Å². The van der Waals surface area contributed by atoms with Gasteiger partial charge in [-0.15, -0.1) is 0 Å². The normalized spacial score (nSPS) is 19.9. The van der Waals surface area contributed by atoms with E-state index in [0.717, 1.165) is 18.7 Å². The fourth-order valence-electron chi connectivity index (χ4n) is 3.08. The first-order valence-electron chi connectivity index (χ1n) is 7.92. The van der Waals surface area contributed by atoms with Crippen molar-refractivity contribution in [1.29, 1.82) is 0 Å². The van der Waals surface area contributed by atoms with E-state index in [1.165, 1.54) is 36.0 Å². The first-order valence-corrected chi connectivity index (χ1v) is 7.92. The van der Waals surface area contributed by atoms with Crippen molar-refractivity contribution in [3.05, 3.63) is 28.8 Å². The van der Waals surface area contributed by atoms with Gasteiger partial charge in [0.25, 0.3) is 0 Å². The molecule has 0 aromatic heterocycles. The van der Waals surface area contributed by atoms with E-state index in [9.17, 15) is 0 Å². The van der Waals surface area contributed by atoms with Gasteiger partial charge < -0.3 is 10.1 Å². The number of nitrogens with one attached hydrogen (secondary N) is 1. The number of hydrogen-bond donors (Lipinski definition) is 1. The van der Waals surface area contributed by atoms with Crippen molar-refractivity contribution < 1.29 is 4.74 Å². The second-order valence-electron chi connectivity index (χ2n) is 6.87.